The van der Waals surface area contributed by atoms with E-state index in [1.807, 2.05) is 0 Å². The van der Waals surface area contributed by atoms with Gasteiger partial charge in [-0.1, -0.05) is 0 Å². The first-order valence-electron chi connectivity index (χ1n) is 6.82. The Morgan fingerprint density at radius 3 is 2.30 bits per heavy atom. The van der Waals surface area contributed by atoms with Crippen molar-refractivity contribution in [1.82, 2.24) is 0 Å². The van der Waals surface area contributed by atoms with Gasteiger partial charge in [-0.05, 0) is 31.7 Å². The molecule has 6 nitrogen and oxygen atoms in total. The summed E-state index contributed by atoms with van der Waals surface area (Å²) in [7, 11) is 0. The van der Waals surface area contributed by atoms with Crippen molar-refractivity contribution in [2.45, 2.75) is 42.9 Å². The molecule has 0 radical (unpaired) electrons. The summed E-state index contributed by atoms with van der Waals surface area (Å²) in [5.41, 5.74) is -0.443. The molecule has 1 aromatic rings. The molecule has 0 saturated heterocycles. The van der Waals surface area contributed by atoms with Crippen LogP contribution in [-0.2, 0) is 11.5 Å². The Hall–Kier alpha value is -1.52. The molecule has 0 aliphatic heterocycles. The van der Waals surface area contributed by atoms with E-state index < -0.39 is 40.3 Å². The van der Waals surface area contributed by atoms with Gasteiger partial charge < -0.3 is 4.74 Å². The molecule has 0 unspecified atom stereocenters. The molecule has 10 heteroatoms. The van der Waals surface area contributed by atoms with Crippen molar-refractivity contribution < 1.29 is 31.9 Å². The van der Waals surface area contributed by atoms with Crippen LogP contribution in [0.3, 0.4) is 0 Å². The third-order valence-electron chi connectivity index (χ3n) is 3.77. The molecule has 1 aliphatic rings. The minimum absolute atomic E-state index is 0.0372. The molecule has 0 heterocycles. The molecule has 128 valence electrons. The summed E-state index contributed by atoms with van der Waals surface area (Å²) < 4.78 is 61.4. The number of ether oxygens (including phenoxy) is 1. The maximum atomic E-state index is 12.6. The predicted octanol–water partition coefficient (Wildman–Crippen LogP) is 4.02. The SMILES string of the molecule is O=[N+]([O-])c1cc([S+](O)O)ccc1OC1CCC(C(F)(F)F)CC1. The minimum atomic E-state index is -4.23. The van der Waals surface area contributed by atoms with Crippen molar-refractivity contribution in [3.63, 3.8) is 0 Å². The average Bonchev–Trinajstić information content (AvgIpc) is 2.46. The van der Waals surface area contributed by atoms with Gasteiger partial charge >= 0.3 is 23.3 Å². The molecule has 1 aliphatic carbocycles. The predicted molar refractivity (Wildman–Crippen MR) is 76.4 cm³/mol. The lowest BCUT2D eigenvalue weighted by atomic mass is 9.87. The topological polar surface area (TPSA) is 92.8 Å². The van der Waals surface area contributed by atoms with Crippen LogP contribution >= 0.6 is 0 Å². The molecule has 0 amide bonds. The van der Waals surface area contributed by atoms with E-state index in [0.29, 0.717) is 0 Å². The van der Waals surface area contributed by atoms with E-state index in [4.69, 9.17) is 13.8 Å². The van der Waals surface area contributed by atoms with Crippen LogP contribution in [0.15, 0.2) is 23.1 Å². The zero-order valence-electron chi connectivity index (χ0n) is 11.8. The van der Waals surface area contributed by atoms with Crippen molar-refractivity contribution in [3.8, 4) is 5.75 Å². The van der Waals surface area contributed by atoms with E-state index >= 15 is 0 Å². The van der Waals surface area contributed by atoms with Crippen molar-refractivity contribution >= 4 is 17.1 Å². The fraction of sp³-hybridized carbons (Fsp3) is 0.538. The number of nitro benzene ring substituents is 1. The van der Waals surface area contributed by atoms with Gasteiger partial charge in [-0.3, -0.25) is 10.1 Å². The molecule has 0 atom stereocenters. The quantitative estimate of drug-likeness (QED) is 0.484. The lowest BCUT2D eigenvalue weighted by molar-refractivity contribution is -0.386. The Bertz CT molecular complexity index is 573. The number of alkyl halides is 3. The fourth-order valence-electron chi connectivity index (χ4n) is 2.54. The zero-order chi connectivity index (χ0) is 17.2. The number of benzene rings is 1. The number of rotatable bonds is 4. The molecule has 1 fully saturated rings. The summed E-state index contributed by atoms with van der Waals surface area (Å²) in [4.78, 5) is 10.3. The van der Waals surface area contributed by atoms with Crippen molar-refractivity contribution in [2.75, 3.05) is 0 Å². The highest BCUT2D eigenvalue weighted by Crippen LogP contribution is 2.39. The maximum absolute atomic E-state index is 12.6. The summed E-state index contributed by atoms with van der Waals surface area (Å²) in [6, 6.07) is 3.49. The fourth-order valence-corrected chi connectivity index (χ4v) is 2.95. The maximum Gasteiger partial charge on any atom is 0.391 e. The van der Waals surface area contributed by atoms with Crippen LogP contribution in [-0.4, -0.2) is 26.3 Å². The smallest absolute Gasteiger partial charge is 0.391 e. The molecule has 2 rings (SSSR count). The van der Waals surface area contributed by atoms with Gasteiger partial charge in [-0.25, -0.2) is 0 Å². The van der Waals surface area contributed by atoms with E-state index in [9.17, 15) is 23.3 Å². The van der Waals surface area contributed by atoms with Crippen LogP contribution < -0.4 is 4.74 Å². The Balaban J connectivity index is 2.08. The van der Waals surface area contributed by atoms with Crippen molar-refractivity contribution in [1.29, 1.82) is 0 Å². The summed E-state index contributed by atoms with van der Waals surface area (Å²) >= 11 is -2.12. The van der Waals surface area contributed by atoms with E-state index in [1.165, 1.54) is 12.1 Å². The first-order valence-corrected chi connectivity index (χ1v) is 7.96. The molecule has 23 heavy (non-hydrogen) atoms. The minimum Gasteiger partial charge on any atom is -0.483 e. The first kappa shape index (κ1) is 17.8. The van der Waals surface area contributed by atoms with E-state index in [1.54, 1.807) is 0 Å². The second-order valence-corrected chi connectivity index (χ2v) is 6.28. The van der Waals surface area contributed by atoms with Crippen molar-refractivity contribution in [2.24, 2.45) is 5.92 Å². The molecular weight excluding hydrogens is 339 g/mol. The molecule has 0 spiro atoms. The molecular formula is C13H15F3NO5S+. The van der Waals surface area contributed by atoms with Crippen LogP contribution in [0.5, 0.6) is 5.75 Å². The summed E-state index contributed by atoms with van der Waals surface area (Å²) in [5, 5.41) is 11.0. The van der Waals surface area contributed by atoms with Gasteiger partial charge in [0.25, 0.3) is 0 Å². The Kier molecular flexibility index (Phi) is 5.37. The highest BCUT2D eigenvalue weighted by molar-refractivity contribution is 7.86. The molecule has 0 bridgehead atoms. The second kappa shape index (κ2) is 6.93. The van der Waals surface area contributed by atoms with Gasteiger partial charge in [-0.15, -0.1) is 0 Å². The van der Waals surface area contributed by atoms with E-state index in [0.717, 1.165) is 6.07 Å². The second-order valence-electron chi connectivity index (χ2n) is 5.28. The number of halogens is 3. The number of hydrogen-bond acceptors (Lipinski definition) is 5. The van der Waals surface area contributed by atoms with Gasteiger partial charge in [0, 0.05) is 6.07 Å². The molecule has 0 aromatic heterocycles. The van der Waals surface area contributed by atoms with Gasteiger partial charge in [0.2, 0.25) is 4.90 Å². The lowest BCUT2D eigenvalue weighted by Crippen LogP contribution is -2.32. The lowest BCUT2D eigenvalue weighted by Gasteiger charge is -2.29. The highest BCUT2D eigenvalue weighted by Gasteiger charge is 2.42. The Morgan fingerprint density at radius 1 is 1.22 bits per heavy atom. The highest BCUT2D eigenvalue weighted by atomic mass is 32.2. The number of nitro groups is 1. The largest absolute Gasteiger partial charge is 0.483 e. The van der Waals surface area contributed by atoms with Gasteiger partial charge in [0.05, 0.1) is 23.0 Å². The van der Waals surface area contributed by atoms with Gasteiger partial charge in [-0.2, -0.15) is 22.3 Å². The number of nitrogens with zero attached hydrogens (tertiary/aromatic N) is 1. The Labute approximate surface area is 132 Å². The van der Waals surface area contributed by atoms with Crippen LogP contribution in [0.1, 0.15) is 25.7 Å². The summed E-state index contributed by atoms with van der Waals surface area (Å²) in [5.74, 6) is -1.44. The Morgan fingerprint density at radius 2 is 1.83 bits per heavy atom. The van der Waals surface area contributed by atoms with Gasteiger partial charge in [0.1, 0.15) is 0 Å². The molecule has 2 N–H and O–H groups in total. The third-order valence-corrected chi connectivity index (χ3v) is 4.44. The summed E-state index contributed by atoms with van der Waals surface area (Å²) in [6.07, 6.45) is -4.58. The van der Waals surface area contributed by atoms with Crippen LogP contribution in [0, 0.1) is 16.0 Å². The van der Waals surface area contributed by atoms with Crippen LogP contribution in [0.2, 0.25) is 0 Å². The summed E-state index contributed by atoms with van der Waals surface area (Å²) in [6.45, 7) is 0. The zero-order valence-corrected chi connectivity index (χ0v) is 12.6. The van der Waals surface area contributed by atoms with E-state index in [-0.39, 0.29) is 36.3 Å². The third kappa shape index (κ3) is 4.49. The van der Waals surface area contributed by atoms with Crippen molar-refractivity contribution in [3.05, 3.63) is 28.3 Å². The molecule has 1 saturated carbocycles. The molecule has 1 aromatic carbocycles. The number of hydrogen-bond donors (Lipinski definition) is 2. The first-order chi connectivity index (χ1) is 10.7. The van der Waals surface area contributed by atoms with E-state index in [2.05, 4.69) is 0 Å². The van der Waals surface area contributed by atoms with Crippen LogP contribution in [0.25, 0.3) is 0 Å². The van der Waals surface area contributed by atoms with Crippen LogP contribution in [0.4, 0.5) is 18.9 Å². The standard InChI is InChI=1S/C13H15F3NO5S/c14-13(15,16)8-1-3-9(4-2-8)22-12-6-5-10(23(20)21)7-11(12)17(18)19/h5-9,20-21H,1-4H2/q+1. The average molecular weight is 354 g/mol. The normalized spacial score (nSPS) is 22.2. The van der Waals surface area contributed by atoms with Gasteiger partial charge in [0.15, 0.2) is 5.75 Å². The monoisotopic (exact) mass is 354 g/mol.